The van der Waals surface area contributed by atoms with E-state index < -0.39 is 11.7 Å². The van der Waals surface area contributed by atoms with Gasteiger partial charge in [-0.3, -0.25) is 0 Å². The number of anilines is 1. The van der Waals surface area contributed by atoms with E-state index >= 15 is 0 Å². The third-order valence-corrected chi connectivity index (χ3v) is 5.04. The fourth-order valence-corrected chi connectivity index (χ4v) is 3.42. The number of rotatable bonds is 4. The predicted octanol–water partition coefficient (Wildman–Crippen LogP) is 4.55. The largest absolute Gasteiger partial charge is 0.474 e. The molecule has 152 valence electrons. The Morgan fingerprint density at radius 3 is 2.38 bits per heavy atom. The van der Waals surface area contributed by atoms with Gasteiger partial charge in [-0.1, -0.05) is 30.3 Å². The molecule has 0 unspecified atom stereocenters. The van der Waals surface area contributed by atoms with Crippen LogP contribution in [0.1, 0.15) is 18.4 Å². The van der Waals surface area contributed by atoms with E-state index in [-0.39, 0.29) is 6.10 Å². The van der Waals surface area contributed by atoms with Crippen LogP contribution in [0, 0.1) is 0 Å². The molecule has 0 saturated carbocycles. The lowest BCUT2D eigenvalue weighted by molar-refractivity contribution is -0.137. The number of pyridine rings is 1. The van der Waals surface area contributed by atoms with Crippen molar-refractivity contribution in [3.05, 3.63) is 60.3 Å². The predicted molar refractivity (Wildman–Crippen MR) is 104 cm³/mol. The Labute approximate surface area is 166 Å². The number of nitrogens with zero attached hydrogens (tertiary/aromatic N) is 4. The summed E-state index contributed by atoms with van der Waals surface area (Å²) in [5.41, 5.74) is 1.15. The molecule has 3 heterocycles. The first-order valence-electron chi connectivity index (χ1n) is 9.44. The Balaban J connectivity index is 1.36. The fraction of sp³-hybridized carbons (Fsp3) is 0.333. The van der Waals surface area contributed by atoms with Crippen molar-refractivity contribution >= 4 is 5.82 Å². The molecular formula is C21H21F3N4O. The molecule has 0 bridgehead atoms. The van der Waals surface area contributed by atoms with Crippen LogP contribution in [0.15, 0.2) is 54.7 Å². The van der Waals surface area contributed by atoms with Crippen LogP contribution < -0.4 is 9.64 Å². The van der Waals surface area contributed by atoms with Crippen molar-refractivity contribution < 1.29 is 17.9 Å². The van der Waals surface area contributed by atoms with Gasteiger partial charge in [0.2, 0.25) is 5.88 Å². The van der Waals surface area contributed by atoms with Gasteiger partial charge in [0, 0.05) is 50.8 Å². The number of hydrogen-bond donors (Lipinski definition) is 0. The molecule has 1 aliphatic heterocycles. The summed E-state index contributed by atoms with van der Waals surface area (Å²) in [5, 5.41) is 4.52. The monoisotopic (exact) mass is 402 g/mol. The number of halogens is 3. The third-order valence-electron chi connectivity index (χ3n) is 5.04. The van der Waals surface area contributed by atoms with Crippen LogP contribution in [-0.2, 0) is 13.2 Å². The van der Waals surface area contributed by atoms with E-state index in [9.17, 15) is 13.2 Å². The Hall–Kier alpha value is -3.03. The van der Waals surface area contributed by atoms with Crippen LogP contribution >= 0.6 is 0 Å². The van der Waals surface area contributed by atoms with E-state index in [2.05, 4.69) is 10.1 Å². The summed E-state index contributed by atoms with van der Waals surface area (Å²) in [7, 11) is 1.85. The number of aromatic nitrogens is 3. The standard InChI is InChI=1S/C21H21F3N4O/c1-27-20(13-18(26-27)15-5-3-2-4-6-15)29-17-9-11-28(12-10-17)19-8-7-16(14-25-19)21(22,23)24/h2-8,13-14,17H,9-12H2,1H3. The zero-order chi connectivity index (χ0) is 20.4. The summed E-state index contributed by atoms with van der Waals surface area (Å²) >= 11 is 0. The van der Waals surface area contributed by atoms with E-state index in [4.69, 9.17) is 4.74 Å². The second kappa shape index (κ2) is 7.77. The minimum absolute atomic E-state index is 0.0275. The number of aryl methyl sites for hydroxylation is 1. The Morgan fingerprint density at radius 1 is 1.03 bits per heavy atom. The maximum Gasteiger partial charge on any atom is 0.417 e. The van der Waals surface area contributed by atoms with Gasteiger partial charge < -0.3 is 9.64 Å². The highest BCUT2D eigenvalue weighted by Gasteiger charge is 2.31. The zero-order valence-corrected chi connectivity index (χ0v) is 15.9. The number of alkyl halides is 3. The molecule has 29 heavy (non-hydrogen) atoms. The summed E-state index contributed by atoms with van der Waals surface area (Å²) in [6.45, 7) is 1.35. The number of piperidine rings is 1. The van der Waals surface area contributed by atoms with Gasteiger partial charge in [0.15, 0.2) is 0 Å². The zero-order valence-electron chi connectivity index (χ0n) is 15.9. The first-order chi connectivity index (χ1) is 13.9. The number of benzene rings is 1. The van der Waals surface area contributed by atoms with Gasteiger partial charge in [0.25, 0.3) is 0 Å². The summed E-state index contributed by atoms with van der Waals surface area (Å²) in [6.07, 6.45) is -1.93. The Bertz CT molecular complexity index is 946. The van der Waals surface area contributed by atoms with Crippen molar-refractivity contribution in [3.8, 4) is 17.1 Å². The van der Waals surface area contributed by atoms with Gasteiger partial charge >= 0.3 is 6.18 Å². The fourth-order valence-electron chi connectivity index (χ4n) is 3.42. The molecular weight excluding hydrogens is 381 g/mol. The van der Waals surface area contributed by atoms with Crippen LogP contribution in [0.2, 0.25) is 0 Å². The van der Waals surface area contributed by atoms with Crippen LogP contribution in [-0.4, -0.2) is 34.0 Å². The van der Waals surface area contributed by atoms with E-state index in [0.717, 1.165) is 36.4 Å². The summed E-state index contributed by atoms with van der Waals surface area (Å²) in [6, 6.07) is 14.3. The van der Waals surface area contributed by atoms with Gasteiger partial charge in [-0.05, 0) is 12.1 Å². The van der Waals surface area contributed by atoms with Crippen molar-refractivity contribution in [3.63, 3.8) is 0 Å². The van der Waals surface area contributed by atoms with E-state index in [1.165, 1.54) is 6.07 Å². The summed E-state index contributed by atoms with van der Waals surface area (Å²) in [4.78, 5) is 5.96. The highest BCUT2D eigenvalue weighted by molar-refractivity contribution is 5.59. The molecule has 0 N–H and O–H groups in total. The van der Waals surface area contributed by atoms with Crippen LogP contribution in [0.5, 0.6) is 5.88 Å². The Kier molecular flexibility index (Phi) is 5.17. The molecule has 1 saturated heterocycles. The molecule has 8 heteroatoms. The number of hydrogen-bond acceptors (Lipinski definition) is 4. The molecule has 0 radical (unpaired) electrons. The molecule has 1 aromatic carbocycles. The minimum atomic E-state index is -4.37. The van der Waals surface area contributed by atoms with E-state index in [1.54, 1.807) is 4.68 Å². The minimum Gasteiger partial charge on any atom is -0.474 e. The molecule has 1 aliphatic rings. The topological polar surface area (TPSA) is 43.2 Å². The molecule has 0 spiro atoms. The average molecular weight is 402 g/mol. The quantitative estimate of drug-likeness (QED) is 0.642. The van der Waals surface area contributed by atoms with Crippen molar-refractivity contribution in [1.29, 1.82) is 0 Å². The molecule has 1 fully saturated rings. The maximum atomic E-state index is 12.7. The van der Waals surface area contributed by atoms with E-state index in [1.807, 2.05) is 48.3 Å². The molecule has 0 amide bonds. The van der Waals surface area contributed by atoms with Gasteiger partial charge in [0.05, 0.1) is 11.3 Å². The van der Waals surface area contributed by atoms with Crippen molar-refractivity contribution in [2.45, 2.75) is 25.1 Å². The highest BCUT2D eigenvalue weighted by atomic mass is 19.4. The normalized spacial score (nSPS) is 15.5. The van der Waals surface area contributed by atoms with E-state index in [0.29, 0.717) is 24.8 Å². The maximum absolute atomic E-state index is 12.7. The van der Waals surface area contributed by atoms with Crippen molar-refractivity contribution in [1.82, 2.24) is 14.8 Å². The summed E-state index contributed by atoms with van der Waals surface area (Å²) in [5.74, 6) is 1.26. The SMILES string of the molecule is Cn1nc(-c2ccccc2)cc1OC1CCN(c2ccc(C(F)(F)F)cn2)CC1. The van der Waals surface area contributed by atoms with Gasteiger partial charge in [-0.25, -0.2) is 9.67 Å². The van der Waals surface area contributed by atoms with Crippen LogP contribution in [0.25, 0.3) is 11.3 Å². The van der Waals surface area contributed by atoms with Crippen LogP contribution in [0.3, 0.4) is 0 Å². The first-order valence-corrected chi connectivity index (χ1v) is 9.44. The lowest BCUT2D eigenvalue weighted by Crippen LogP contribution is -2.39. The lowest BCUT2D eigenvalue weighted by atomic mass is 10.1. The third kappa shape index (κ3) is 4.36. The second-order valence-electron chi connectivity index (χ2n) is 7.06. The average Bonchev–Trinajstić information content (AvgIpc) is 3.09. The number of ether oxygens (including phenoxy) is 1. The van der Waals surface area contributed by atoms with Crippen molar-refractivity contribution in [2.75, 3.05) is 18.0 Å². The molecule has 0 atom stereocenters. The van der Waals surface area contributed by atoms with Crippen LogP contribution in [0.4, 0.5) is 19.0 Å². The highest BCUT2D eigenvalue weighted by Crippen LogP contribution is 2.30. The van der Waals surface area contributed by atoms with Gasteiger partial charge in [-0.2, -0.15) is 18.3 Å². The molecule has 4 rings (SSSR count). The Morgan fingerprint density at radius 2 is 1.76 bits per heavy atom. The van der Waals surface area contributed by atoms with Gasteiger partial charge in [0.1, 0.15) is 11.9 Å². The molecule has 3 aromatic rings. The van der Waals surface area contributed by atoms with Crippen molar-refractivity contribution in [2.24, 2.45) is 7.05 Å². The molecule has 2 aromatic heterocycles. The lowest BCUT2D eigenvalue weighted by Gasteiger charge is -2.32. The molecule has 5 nitrogen and oxygen atoms in total. The first kappa shape index (κ1) is 19.3. The smallest absolute Gasteiger partial charge is 0.417 e. The summed E-state index contributed by atoms with van der Waals surface area (Å²) < 4.78 is 45.9. The molecule has 0 aliphatic carbocycles. The second-order valence-corrected chi connectivity index (χ2v) is 7.06. The van der Waals surface area contributed by atoms with Gasteiger partial charge in [-0.15, -0.1) is 0 Å².